The van der Waals surface area contributed by atoms with Crippen molar-refractivity contribution in [2.45, 2.75) is 103 Å². The average molecular weight is 986 g/mol. The maximum absolute atomic E-state index is 13.3. The number of rotatable bonds is 19. The minimum atomic E-state index is -0.838. The van der Waals surface area contributed by atoms with Crippen LogP contribution in [-0.4, -0.2) is 93.5 Å². The van der Waals surface area contributed by atoms with Crippen LogP contribution in [0.3, 0.4) is 0 Å². The molecule has 3 amide bonds. The lowest BCUT2D eigenvalue weighted by atomic mass is 9.87. The maximum Gasteiger partial charge on any atom is 0.407 e. The van der Waals surface area contributed by atoms with Gasteiger partial charge in [-0.15, -0.1) is 10.2 Å². The maximum atomic E-state index is 13.3. The summed E-state index contributed by atoms with van der Waals surface area (Å²) in [5.74, 6) is -1.62. The molecule has 0 radical (unpaired) electrons. The van der Waals surface area contributed by atoms with Crippen LogP contribution in [0.15, 0.2) is 72.8 Å². The van der Waals surface area contributed by atoms with Crippen LogP contribution in [0.25, 0.3) is 33.9 Å². The summed E-state index contributed by atoms with van der Waals surface area (Å²) in [5, 5.41) is 45.3. The standard InChI is InChI=1S/C51H59N11O10/c1-30-44(72-37-18-10-16-35(23-37)49(65)66)24-38(45(55-30)47-42(62(3)60-58-47)26-53-50(67)52-25-31-11-6-5-7-12-31)33-14-8-13-32(21-33)28-70-51(68)54-27-41-46(57-59-61(41)2)39-19-20-43(40(56-39)29-69-4)71-36-17-9-15-34(22-36)48(63)64/h5-8,11-14,19-21,24,34-37H,9-10,15-18,22-23,25-29H2,1-4H3,(H,54,68)(H,63,64)(H,65,66)(H2,52,53,67)/t34-,35-,36-,37-/m0/s1. The van der Waals surface area contributed by atoms with E-state index in [9.17, 15) is 29.4 Å². The molecule has 0 saturated heterocycles. The number of ether oxygens (including phenoxy) is 4. The van der Waals surface area contributed by atoms with E-state index in [1.54, 1.807) is 42.7 Å². The number of carbonyl (C=O) groups excluding carboxylic acids is 2. The van der Waals surface area contributed by atoms with Gasteiger partial charge < -0.3 is 45.1 Å². The zero-order chi connectivity index (χ0) is 50.7. The van der Waals surface area contributed by atoms with Crippen LogP contribution in [0, 0.1) is 18.8 Å². The molecule has 2 saturated carbocycles. The van der Waals surface area contributed by atoms with Gasteiger partial charge in [-0.05, 0) is 99.2 Å². The zero-order valence-electron chi connectivity index (χ0n) is 40.7. The Morgan fingerprint density at radius 1 is 0.667 bits per heavy atom. The highest BCUT2D eigenvalue weighted by Crippen LogP contribution is 2.38. The molecule has 4 atom stereocenters. The smallest absolute Gasteiger partial charge is 0.407 e. The highest BCUT2D eigenvalue weighted by atomic mass is 16.5. The number of aryl methyl sites for hydroxylation is 3. The predicted molar refractivity (Wildman–Crippen MR) is 260 cm³/mol. The van der Waals surface area contributed by atoms with Gasteiger partial charge in [0.2, 0.25) is 0 Å². The number of benzene rings is 2. The number of pyridine rings is 2. The fourth-order valence-electron chi connectivity index (χ4n) is 9.11. The molecule has 5 N–H and O–H groups in total. The number of hydrogen-bond donors (Lipinski definition) is 5. The Balaban J connectivity index is 0.978. The van der Waals surface area contributed by atoms with Crippen molar-refractivity contribution in [2.24, 2.45) is 25.9 Å². The summed E-state index contributed by atoms with van der Waals surface area (Å²) in [6.07, 6.45) is 3.64. The van der Waals surface area contributed by atoms with Crippen LogP contribution >= 0.6 is 0 Å². The molecule has 21 nitrogen and oxygen atoms in total. The third-order valence-corrected chi connectivity index (χ3v) is 13.0. The molecule has 6 aromatic rings. The van der Waals surface area contributed by atoms with Gasteiger partial charge >= 0.3 is 24.1 Å². The lowest BCUT2D eigenvalue weighted by molar-refractivity contribution is -0.144. The van der Waals surface area contributed by atoms with Crippen molar-refractivity contribution in [3.05, 3.63) is 107 Å². The molecule has 2 aliphatic rings. The second-order valence-corrected chi connectivity index (χ2v) is 18.1. The van der Waals surface area contributed by atoms with E-state index >= 15 is 0 Å². The minimum absolute atomic E-state index is 0.00919. The number of aliphatic carboxylic acids is 2. The fourth-order valence-corrected chi connectivity index (χ4v) is 9.11. The van der Waals surface area contributed by atoms with E-state index in [-0.39, 0.29) is 44.5 Å². The number of nitrogens with one attached hydrogen (secondary N) is 3. The second-order valence-electron chi connectivity index (χ2n) is 18.1. The minimum Gasteiger partial charge on any atom is -0.488 e. The molecule has 0 spiro atoms. The van der Waals surface area contributed by atoms with E-state index in [2.05, 4.69) is 36.6 Å². The highest BCUT2D eigenvalue weighted by Gasteiger charge is 2.31. The van der Waals surface area contributed by atoms with Gasteiger partial charge in [0.1, 0.15) is 40.9 Å². The number of carboxylic acid groups (broad SMARTS) is 2. The number of methoxy groups -OCH3 is 1. The molecule has 2 fully saturated rings. The first-order chi connectivity index (χ1) is 34.8. The largest absolute Gasteiger partial charge is 0.488 e. The molecule has 0 unspecified atom stereocenters. The molecular formula is C51H59N11O10. The number of urea groups is 1. The van der Waals surface area contributed by atoms with Gasteiger partial charge in [0.05, 0.1) is 66.5 Å². The highest BCUT2D eigenvalue weighted by molar-refractivity contribution is 5.82. The SMILES string of the molecule is COCc1nc(-c2nnn(C)c2CNC(=O)OCc2cccc(-c3cc(O[C@H]4CCC[C@H](C(=O)O)C4)c(C)nc3-c3nnn(C)c3CNC(=O)NCc3ccccc3)c2)ccc1O[C@H]1CCC[C@H](C(=O)O)C1. The lowest BCUT2D eigenvalue weighted by Gasteiger charge is -2.28. The number of nitrogens with zero attached hydrogens (tertiary/aromatic N) is 8. The normalized spacial score (nSPS) is 17.7. The predicted octanol–water partition coefficient (Wildman–Crippen LogP) is 6.66. The topological polar surface area (TPSA) is 269 Å². The van der Waals surface area contributed by atoms with Crippen molar-refractivity contribution in [3.8, 4) is 45.4 Å². The third-order valence-electron chi connectivity index (χ3n) is 13.0. The third kappa shape index (κ3) is 12.5. The van der Waals surface area contributed by atoms with Gasteiger partial charge in [0, 0.05) is 33.3 Å². The van der Waals surface area contributed by atoms with E-state index in [1.807, 2.05) is 67.6 Å². The van der Waals surface area contributed by atoms with Crippen molar-refractivity contribution >= 4 is 24.1 Å². The molecule has 4 aromatic heterocycles. The van der Waals surface area contributed by atoms with Gasteiger partial charge in [-0.25, -0.2) is 28.9 Å². The molecule has 2 aliphatic carbocycles. The van der Waals surface area contributed by atoms with Crippen molar-refractivity contribution < 1.29 is 48.3 Å². The Morgan fingerprint density at radius 3 is 1.97 bits per heavy atom. The number of hydrogen-bond acceptors (Lipinski definition) is 14. The van der Waals surface area contributed by atoms with E-state index in [1.165, 1.54) is 0 Å². The van der Waals surface area contributed by atoms with E-state index in [4.69, 9.17) is 28.9 Å². The number of carboxylic acids is 2. The van der Waals surface area contributed by atoms with Crippen LogP contribution in [-0.2, 0) is 66.0 Å². The average Bonchev–Trinajstić information content (AvgIpc) is 3.95. The monoisotopic (exact) mass is 985 g/mol. The molecular weight excluding hydrogens is 927 g/mol. The molecule has 4 heterocycles. The van der Waals surface area contributed by atoms with E-state index in [0.717, 1.165) is 24.8 Å². The fraction of sp³-hybridized carbons (Fsp3) is 0.412. The molecule has 72 heavy (non-hydrogen) atoms. The van der Waals surface area contributed by atoms with Crippen molar-refractivity contribution in [3.63, 3.8) is 0 Å². The Labute approximate surface area is 415 Å². The first-order valence-electron chi connectivity index (χ1n) is 24.0. The molecule has 378 valence electrons. The zero-order valence-corrected chi connectivity index (χ0v) is 40.7. The summed E-state index contributed by atoms with van der Waals surface area (Å²) >= 11 is 0. The summed E-state index contributed by atoms with van der Waals surface area (Å²) in [7, 11) is 4.99. The van der Waals surface area contributed by atoms with E-state index < -0.39 is 29.9 Å². The number of amides is 3. The molecule has 0 aliphatic heterocycles. The second kappa shape index (κ2) is 23.3. The van der Waals surface area contributed by atoms with Gasteiger partial charge in [-0.3, -0.25) is 9.59 Å². The van der Waals surface area contributed by atoms with Crippen molar-refractivity contribution in [2.75, 3.05) is 7.11 Å². The lowest BCUT2D eigenvalue weighted by Crippen LogP contribution is -2.35. The van der Waals surface area contributed by atoms with Crippen molar-refractivity contribution in [1.29, 1.82) is 0 Å². The Hall–Kier alpha value is -7.94. The molecule has 8 rings (SSSR count). The summed E-state index contributed by atoms with van der Waals surface area (Å²) in [6, 6.07) is 22.0. The van der Waals surface area contributed by atoms with Crippen LogP contribution in [0.2, 0.25) is 0 Å². The van der Waals surface area contributed by atoms with Gasteiger partial charge in [0.25, 0.3) is 0 Å². The van der Waals surface area contributed by atoms with Gasteiger partial charge in [0.15, 0.2) is 0 Å². The van der Waals surface area contributed by atoms with Gasteiger partial charge in [-0.1, -0.05) is 59.0 Å². The summed E-state index contributed by atoms with van der Waals surface area (Å²) in [5.41, 5.74) is 6.99. The van der Waals surface area contributed by atoms with Crippen LogP contribution in [0.4, 0.5) is 9.59 Å². The Kier molecular flexibility index (Phi) is 16.3. The number of aromatic nitrogens is 8. The van der Waals surface area contributed by atoms with Gasteiger partial charge in [-0.2, -0.15) is 0 Å². The Morgan fingerprint density at radius 2 is 1.29 bits per heavy atom. The van der Waals surface area contributed by atoms with Crippen molar-refractivity contribution in [1.82, 2.24) is 55.9 Å². The summed E-state index contributed by atoms with van der Waals surface area (Å²) in [6.45, 7) is 2.30. The summed E-state index contributed by atoms with van der Waals surface area (Å²) < 4.78 is 27.1. The molecule has 2 aromatic carbocycles. The first-order valence-corrected chi connectivity index (χ1v) is 24.0. The Bertz CT molecular complexity index is 2890. The summed E-state index contributed by atoms with van der Waals surface area (Å²) in [4.78, 5) is 59.7. The van der Waals surface area contributed by atoms with Crippen LogP contribution < -0.4 is 25.4 Å². The number of alkyl carbamates (subject to hydrolysis) is 1. The first kappa shape index (κ1) is 50.4. The van der Waals surface area contributed by atoms with Crippen LogP contribution in [0.1, 0.15) is 85.3 Å². The number of carbonyl (C=O) groups is 4. The molecule has 21 heteroatoms. The molecule has 0 bridgehead atoms. The van der Waals surface area contributed by atoms with Crippen LogP contribution in [0.5, 0.6) is 11.5 Å². The quantitative estimate of drug-likeness (QED) is 0.0568. The van der Waals surface area contributed by atoms with E-state index in [0.29, 0.717) is 112 Å².